The van der Waals surface area contributed by atoms with Crippen LogP contribution >= 0.6 is 11.6 Å². The van der Waals surface area contributed by atoms with Gasteiger partial charge in [0.25, 0.3) is 0 Å². The van der Waals surface area contributed by atoms with E-state index in [1.807, 2.05) is 78.7 Å². The maximum absolute atomic E-state index is 6.34. The Morgan fingerprint density at radius 3 is 2.13 bits per heavy atom. The fraction of sp³-hybridized carbons (Fsp3) is 0.0435. The fourth-order valence-corrected chi connectivity index (χ4v) is 3.00. The van der Waals surface area contributed by atoms with Gasteiger partial charge < -0.3 is 10.5 Å². The van der Waals surface area contributed by atoms with Crippen molar-refractivity contribution in [2.75, 3.05) is 16.2 Å². The van der Waals surface area contributed by atoms with Crippen LogP contribution < -0.4 is 20.9 Å². The van der Waals surface area contributed by atoms with Crippen molar-refractivity contribution in [3.05, 3.63) is 95.8 Å². The van der Waals surface area contributed by atoms with E-state index >= 15 is 0 Å². The van der Waals surface area contributed by atoms with Crippen molar-refractivity contribution in [2.24, 2.45) is 0 Å². The Morgan fingerprint density at radius 2 is 1.53 bits per heavy atom. The average Bonchev–Trinajstić information content (AvgIpc) is 2.78. The van der Waals surface area contributed by atoms with Crippen molar-refractivity contribution in [3.8, 4) is 11.6 Å². The van der Waals surface area contributed by atoms with Gasteiger partial charge in [0, 0.05) is 5.02 Å². The van der Waals surface area contributed by atoms with Crippen LogP contribution in [-0.2, 0) is 0 Å². The number of halogens is 1. The molecule has 0 saturated carbocycles. The van der Waals surface area contributed by atoms with Gasteiger partial charge in [-0.05, 0) is 55.0 Å². The number of ether oxygens (including phenoxy) is 1. The number of para-hydroxylation sites is 2. The van der Waals surface area contributed by atoms with Crippen molar-refractivity contribution in [2.45, 2.75) is 6.92 Å². The van der Waals surface area contributed by atoms with Gasteiger partial charge in [0.05, 0.1) is 11.4 Å². The summed E-state index contributed by atoms with van der Waals surface area (Å²) in [5, 5.41) is 2.57. The summed E-state index contributed by atoms with van der Waals surface area (Å²) in [5.74, 6) is 1.28. The number of nitrogen functional groups attached to an aromatic ring is 1. The van der Waals surface area contributed by atoms with Crippen LogP contribution in [0.2, 0.25) is 5.02 Å². The number of benzene rings is 3. The van der Waals surface area contributed by atoms with Gasteiger partial charge in [-0.15, -0.1) is 0 Å². The first-order valence-electron chi connectivity index (χ1n) is 9.33. The standard InChI is InChI=1S/C23H20ClN5O/c1-16-14-19(12-13-20(16)24)30-23-21(25)22(26-15-27-23)28-29(17-8-4-2-5-9-17)18-10-6-3-7-11-18/h2-15H,25H2,1H3,(H,26,27,28). The van der Waals surface area contributed by atoms with Crippen LogP contribution in [0, 0.1) is 6.92 Å². The Bertz CT molecular complexity index is 1100. The highest BCUT2D eigenvalue weighted by atomic mass is 35.5. The molecule has 0 aliphatic heterocycles. The van der Waals surface area contributed by atoms with Gasteiger partial charge in [-0.25, -0.2) is 4.98 Å². The minimum absolute atomic E-state index is 0.260. The van der Waals surface area contributed by atoms with Crippen LogP contribution in [0.3, 0.4) is 0 Å². The zero-order valence-electron chi connectivity index (χ0n) is 16.3. The van der Waals surface area contributed by atoms with Crippen molar-refractivity contribution < 1.29 is 4.74 Å². The second kappa shape index (κ2) is 8.71. The van der Waals surface area contributed by atoms with Crippen LogP contribution in [0.5, 0.6) is 11.6 Å². The number of aryl methyl sites for hydroxylation is 1. The van der Waals surface area contributed by atoms with Gasteiger partial charge in [-0.2, -0.15) is 4.98 Å². The Balaban J connectivity index is 1.66. The Hall–Kier alpha value is -3.77. The third kappa shape index (κ3) is 4.29. The molecule has 0 unspecified atom stereocenters. The molecule has 3 N–H and O–H groups in total. The molecular weight excluding hydrogens is 398 g/mol. The first kappa shape index (κ1) is 19.5. The number of aromatic nitrogens is 2. The highest BCUT2D eigenvalue weighted by Crippen LogP contribution is 2.33. The lowest BCUT2D eigenvalue weighted by atomic mass is 10.2. The normalized spacial score (nSPS) is 10.5. The molecule has 1 aromatic heterocycles. The van der Waals surface area contributed by atoms with E-state index < -0.39 is 0 Å². The third-order valence-corrected chi connectivity index (χ3v) is 4.86. The molecule has 0 aliphatic carbocycles. The van der Waals surface area contributed by atoms with E-state index in [0.717, 1.165) is 16.9 Å². The van der Waals surface area contributed by atoms with E-state index in [0.29, 0.717) is 22.3 Å². The molecule has 0 bridgehead atoms. The summed E-state index contributed by atoms with van der Waals surface area (Å²) in [6, 6.07) is 25.1. The molecule has 3 aromatic carbocycles. The van der Waals surface area contributed by atoms with Crippen molar-refractivity contribution >= 4 is 34.5 Å². The van der Waals surface area contributed by atoms with Crippen molar-refractivity contribution in [1.29, 1.82) is 0 Å². The quantitative estimate of drug-likeness (QED) is 0.376. The molecule has 150 valence electrons. The summed E-state index contributed by atoms with van der Waals surface area (Å²) in [7, 11) is 0. The topological polar surface area (TPSA) is 76.3 Å². The van der Waals surface area contributed by atoms with Gasteiger partial charge in [-0.1, -0.05) is 48.0 Å². The monoisotopic (exact) mass is 417 g/mol. The van der Waals surface area contributed by atoms with Crippen molar-refractivity contribution in [3.63, 3.8) is 0 Å². The van der Waals surface area contributed by atoms with Crippen LogP contribution in [-0.4, -0.2) is 9.97 Å². The molecule has 30 heavy (non-hydrogen) atoms. The van der Waals surface area contributed by atoms with E-state index in [4.69, 9.17) is 22.1 Å². The van der Waals surface area contributed by atoms with E-state index in [1.54, 1.807) is 12.1 Å². The fourth-order valence-electron chi connectivity index (χ4n) is 2.88. The number of anilines is 4. The molecule has 6 nitrogen and oxygen atoms in total. The minimum Gasteiger partial charge on any atom is -0.437 e. The number of rotatable bonds is 6. The summed E-state index contributed by atoms with van der Waals surface area (Å²) < 4.78 is 5.89. The molecular formula is C23H20ClN5O. The number of nitrogens with one attached hydrogen (secondary N) is 1. The molecule has 0 fully saturated rings. The van der Waals surface area contributed by atoms with Crippen LogP contribution in [0.15, 0.2) is 85.2 Å². The minimum atomic E-state index is 0.260. The van der Waals surface area contributed by atoms with E-state index in [2.05, 4.69) is 15.4 Å². The molecule has 7 heteroatoms. The molecule has 4 aromatic rings. The number of nitrogens with two attached hydrogens (primary N) is 1. The molecule has 0 saturated heterocycles. The summed E-state index contributed by atoms with van der Waals surface area (Å²) >= 11 is 6.09. The largest absolute Gasteiger partial charge is 0.437 e. The number of hydrogen-bond acceptors (Lipinski definition) is 6. The summed E-state index contributed by atoms with van der Waals surface area (Å²) in [6.07, 6.45) is 1.41. The average molecular weight is 418 g/mol. The first-order chi connectivity index (χ1) is 14.6. The molecule has 0 amide bonds. The van der Waals surface area contributed by atoms with Crippen LogP contribution in [0.1, 0.15) is 5.56 Å². The third-order valence-electron chi connectivity index (χ3n) is 4.44. The van der Waals surface area contributed by atoms with Gasteiger partial charge in [0.1, 0.15) is 17.8 Å². The van der Waals surface area contributed by atoms with E-state index in [9.17, 15) is 0 Å². The van der Waals surface area contributed by atoms with Gasteiger partial charge >= 0.3 is 0 Å². The van der Waals surface area contributed by atoms with Gasteiger partial charge in [0.15, 0.2) is 5.82 Å². The lowest BCUT2D eigenvalue weighted by Gasteiger charge is -2.26. The van der Waals surface area contributed by atoms with E-state index in [1.165, 1.54) is 6.33 Å². The zero-order chi connectivity index (χ0) is 20.9. The SMILES string of the molecule is Cc1cc(Oc2ncnc(NN(c3ccccc3)c3ccccc3)c2N)ccc1Cl. The molecule has 0 atom stereocenters. The van der Waals surface area contributed by atoms with Gasteiger partial charge in [-0.3, -0.25) is 10.4 Å². The molecule has 4 rings (SSSR count). The number of nitrogens with zero attached hydrogens (tertiary/aromatic N) is 3. The number of hydrogen-bond donors (Lipinski definition) is 2. The predicted octanol–water partition coefficient (Wildman–Crippen LogP) is 5.98. The highest BCUT2D eigenvalue weighted by Gasteiger charge is 2.15. The summed E-state index contributed by atoms with van der Waals surface area (Å²) in [6.45, 7) is 1.91. The first-order valence-corrected chi connectivity index (χ1v) is 9.71. The molecule has 0 radical (unpaired) electrons. The zero-order valence-corrected chi connectivity index (χ0v) is 17.0. The maximum atomic E-state index is 6.34. The molecule has 1 heterocycles. The van der Waals surface area contributed by atoms with Gasteiger partial charge in [0.2, 0.25) is 5.88 Å². The molecule has 0 spiro atoms. The van der Waals surface area contributed by atoms with Crippen LogP contribution in [0.25, 0.3) is 0 Å². The second-order valence-corrected chi connectivity index (χ2v) is 6.98. The van der Waals surface area contributed by atoms with E-state index in [-0.39, 0.29) is 5.88 Å². The lowest BCUT2D eigenvalue weighted by Crippen LogP contribution is -2.25. The Morgan fingerprint density at radius 1 is 0.900 bits per heavy atom. The molecule has 0 aliphatic rings. The summed E-state index contributed by atoms with van der Waals surface area (Å²) in [4.78, 5) is 8.50. The Kier molecular flexibility index (Phi) is 5.68. The Labute approximate surface area is 179 Å². The van der Waals surface area contributed by atoms with Crippen molar-refractivity contribution in [1.82, 2.24) is 9.97 Å². The highest BCUT2D eigenvalue weighted by molar-refractivity contribution is 6.31. The number of hydrazine groups is 1. The summed E-state index contributed by atoms with van der Waals surface area (Å²) in [5.41, 5.74) is 12.7. The lowest BCUT2D eigenvalue weighted by molar-refractivity contribution is 0.464. The maximum Gasteiger partial charge on any atom is 0.248 e. The van der Waals surface area contributed by atoms with Crippen LogP contribution in [0.4, 0.5) is 22.9 Å². The smallest absolute Gasteiger partial charge is 0.248 e. The predicted molar refractivity (Wildman–Crippen MR) is 121 cm³/mol. The second-order valence-electron chi connectivity index (χ2n) is 6.57.